The monoisotopic (exact) mass is 705 g/mol. The summed E-state index contributed by atoms with van der Waals surface area (Å²) in [6, 6.07) is 0. The standard InChI is InChI=1S/C45H68O6/c1-7-32(46)26-38-41(39(49)25-31-24-34(48)15-19-43(31,38)4)29-10-9-28(22-29)27(2)8-13-40(50)51-45(6)21-17-37-35-12-11-30-23-33(47)14-18-42(30,3)36(35)16-20-44(37,45)5/h27-31,35-38,41H,7-26H2,1-6H3/t27?,28?,29-,30-,31+,35+,36-,37-,38+,41+,42-,43+,44-,45-/m1/s1. The van der Waals surface area contributed by atoms with Crippen molar-refractivity contribution in [1.29, 1.82) is 0 Å². The maximum Gasteiger partial charge on any atom is 0.306 e. The van der Waals surface area contributed by atoms with Gasteiger partial charge in [-0.1, -0.05) is 34.6 Å². The molecule has 7 aliphatic rings. The summed E-state index contributed by atoms with van der Waals surface area (Å²) < 4.78 is 6.59. The first kappa shape index (κ1) is 37.5. The Labute approximate surface area is 308 Å². The number of carbonyl (C=O) groups is 5. The summed E-state index contributed by atoms with van der Waals surface area (Å²) >= 11 is 0. The second-order valence-electron chi connectivity index (χ2n) is 20.3. The van der Waals surface area contributed by atoms with Gasteiger partial charge in [-0.25, -0.2) is 0 Å². The lowest BCUT2D eigenvalue weighted by atomic mass is 9.44. The zero-order chi connectivity index (χ0) is 36.5. The molecule has 0 aromatic carbocycles. The second-order valence-corrected chi connectivity index (χ2v) is 20.3. The van der Waals surface area contributed by atoms with Crippen LogP contribution in [-0.2, 0) is 28.7 Å². The van der Waals surface area contributed by atoms with Crippen LogP contribution in [0.2, 0.25) is 0 Å². The molecule has 6 heteroatoms. The quantitative estimate of drug-likeness (QED) is 0.222. The summed E-state index contributed by atoms with van der Waals surface area (Å²) in [5.74, 6) is 4.93. The molecule has 0 radical (unpaired) electrons. The summed E-state index contributed by atoms with van der Waals surface area (Å²) in [5.41, 5.74) is -0.251. The summed E-state index contributed by atoms with van der Waals surface area (Å²) in [4.78, 5) is 65.1. The maximum atomic E-state index is 13.8. The van der Waals surface area contributed by atoms with Crippen molar-refractivity contribution in [3.63, 3.8) is 0 Å². The van der Waals surface area contributed by atoms with Crippen molar-refractivity contribution in [2.45, 2.75) is 176 Å². The number of fused-ring (bicyclic) bond motifs is 6. The smallest absolute Gasteiger partial charge is 0.306 e. The summed E-state index contributed by atoms with van der Waals surface area (Å²) in [6.45, 7) is 13.7. The number of hydrogen-bond donors (Lipinski definition) is 0. The third kappa shape index (κ3) is 6.34. The highest BCUT2D eigenvalue weighted by atomic mass is 16.6. The third-order valence-electron chi connectivity index (χ3n) is 18.3. The zero-order valence-corrected chi connectivity index (χ0v) is 32.9. The minimum absolute atomic E-state index is 0.00526. The molecule has 7 aliphatic carbocycles. The van der Waals surface area contributed by atoms with E-state index in [1.54, 1.807) is 0 Å². The lowest BCUT2D eigenvalue weighted by Crippen LogP contribution is -2.56. The lowest BCUT2D eigenvalue weighted by molar-refractivity contribution is -0.185. The van der Waals surface area contributed by atoms with Crippen molar-refractivity contribution in [1.82, 2.24) is 0 Å². The van der Waals surface area contributed by atoms with Crippen molar-refractivity contribution in [2.24, 2.45) is 75.4 Å². The van der Waals surface area contributed by atoms with Gasteiger partial charge in [0.05, 0.1) is 0 Å². The highest BCUT2D eigenvalue weighted by Gasteiger charge is 2.65. The molecular weight excluding hydrogens is 636 g/mol. The Morgan fingerprint density at radius 2 is 1.47 bits per heavy atom. The van der Waals surface area contributed by atoms with Crippen LogP contribution in [0.5, 0.6) is 0 Å². The molecule has 0 saturated heterocycles. The molecule has 0 N–H and O–H groups in total. The van der Waals surface area contributed by atoms with Gasteiger partial charge in [0, 0.05) is 62.7 Å². The molecular formula is C45H68O6. The number of ether oxygens (including phenoxy) is 1. The van der Waals surface area contributed by atoms with Crippen LogP contribution in [0.3, 0.4) is 0 Å². The van der Waals surface area contributed by atoms with Gasteiger partial charge < -0.3 is 4.74 Å². The molecule has 0 aromatic heterocycles. The number of ketones is 4. The van der Waals surface area contributed by atoms with Crippen LogP contribution in [-0.4, -0.2) is 34.7 Å². The van der Waals surface area contributed by atoms with E-state index in [4.69, 9.17) is 4.74 Å². The van der Waals surface area contributed by atoms with Crippen LogP contribution in [0, 0.1) is 75.4 Å². The molecule has 2 unspecified atom stereocenters. The van der Waals surface area contributed by atoms with E-state index in [0.717, 1.165) is 70.6 Å². The fourth-order valence-corrected chi connectivity index (χ4v) is 14.6. The van der Waals surface area contributed by atoms with E-state index in [-0.39, 0.29) is 57.5 Å². The van der Waals surface area contributed by atoms with E-state index >= 15 is 0 Å². The number of hydrogen-bond acceptors (Lipinski definition) is 6. The van der Waals surface area contributed by atoms with Crippen LogP contribution in [0.1, 0.15) is 170 Å². The van der Waals surface area contributed by atoms with Crippen molar-refractivity contribution < 1.29 is 28.7 Å². The van der Waals surface area contributed by atoms with Gasteiger partial charge in [-0.15, -0.1) is 0 Å². The minimum atomic E-state index is -0.425. The van der Waals surface area contributed by atoms with Gasteiger partial charge in [0.25, 0.3) is 0 Å². The van der Waals surface area contributed by atoms with Crippen molar-refractivity contribution in [3.8, 4) is 0 Å². The molecule has 0 bridgehead atoms. The van der Waals surface area contributed by atoms with Crippen LogP contribution < -0.4 is 0 Å². The van der Waals surface area contributed by atoms with Gasteiger partial charge >= 0.3 is 5.97 Å². The van der Waals surface area contributed by atoms with Gasteiger partial charge in [0.15, 0.2) is 0 Å². The fourth-order valence-electron chi connectivity index (χ4n) is 14.6. The zero-order valence-electron chi connectivity index (χ0n) is 32.9. The largest absolute Gasteiger partial charge is 0.459 e. The van der Waals surface area contributed by atoms with E-state index < -0.39 is 5.60 Å². The first-order valence-corrected chi connectivity index (χ1v) is 21.4. The Balaban J connectivity index is 0.952. The molecule has 0 amide bonds. The number of esters is 1. The van der Waals surface area contributed by atoms with Gasteiger partial charge in [0.2, 0.25) is 0 Å². The first-order chi connectivity index (χ1) is 24.1. The Hall–Kier alpha value is -1.85. The van der Waals surface area contributed by atoms with E-state index in [0.29, 0.717) is 85.6 Å². The molecule has 0 heterocycles. The van der Waals surface area contributed by atoms with Crippen LogP contribution >= 0.6 is 0 Å². The molecule has 7 saturated carbocycles. The number of carbonyl (C=O) groups excluding carboxylic acids is 5. The topological polar surface area (TPSA) is 94.6 Å². The highest BCUT2D eigenvalue weighted by Crippen LogP contribution is 2.69. The molecule has 0 spiro atoms. The lowest BCUT2D eigenvalue weighted by Gasteiger charge is -2.61. The summed E-state index contributed by atoms with van der Waals surface area (Å²) in [6.07, 6.45) is 17.1. The Morgan fingerprint density at radius 1 is 0.784 bits per heavy atom. The maximum absolute atomic E-state index is 13.8. The van der Waals surface area contributed by atoms with E-state index in [2.05, 4.69) is 34.6 Å². The summed E-state index contributed by atoms with van der Waals surface area (Å²) in [5, 5.41) is 0. The fraction of sp³-hybridized carbons (Fsp3) is 0.889. The average Bonchev–Trinajstić information content (AvgIpc) is 3.67. The van der Waals surface area contributed by atoms with E-state index in [9.17, 15) is 24.0 Å². The number of Topliss-reactive ketones (excluding diaryl/α,β-unsaturated/α-hetero) is 4. The normalized spacial score (nSPS) is 47.2. The average molecular weight is 705 g/mol. The molecule has 0 aromatic rings. The Kier molecular flexibility index (Phi) is 10.1. The number of rotatable bonds is 9. The van der Waals surface area contributed by atoms with Gasteiger partial charge in [-0.2, -0.15) is 0 Å². The molecule has 7 fully saturated rings. The van der Waals surface area contributed by atoms with Crippen LogP contribution in [0.15, 0.2) is 0 Å². The minimum Gasteiger partial charge on any atom is -0.459 e. The molecule has 6 nitrogen and oxygen atoms in total. The first-order valence-electron chi connectivity index (χ1n) is 21.4. The van der Waals surface area contributed by atoms with E-state index in [1.807, 2.05) is 6.92 Å². The second kappa shape index (κ2) is 13.8. The Bertz CT molecular complexity index is 1420. The van der Waals surface area contributed by atoms with Gasteiger partial charge in [-0.05, 0) is 148 Å². The van der Waals surface area contributed by atoms with Gasteiger partial charge in [-0.3, -0.25) is 24.0 Å². The SMILES string of the molecule is CCC(=O)C[C@H]1[C@H]([C@@H]2CCC(C(C)CCC(=O)O[C@]3(C)CC[C@@H]4[C@H]5CC[C@@H]6CC(=O)CC[C@@]6(C)[C@@H]5CC[C@]43C)C2)C(=O)C[C@@H]2CC(=O)CC[C@@]21C. The van der Waals surface area contributed by atoms with Crippen LogP contribution in [0.4, 0.5) is 0 Å². The highest BCUT2D eigenvalue weighted by molar-refractivity contribution is 5.87. The molecule has 51 heavy (non-hydrogen) atoms. The van der Waals surface area contributed by atoms with Crippen molar-refractivity contribution in [2.75, 3.05) is 0 Å². The molecule has 284 valence electrons. The van der Waals surface area contributed by atoms with Crippen molar-refractivity contribution >= 4 is 29.1 Å². The predicted molar refractivity (Wildman–Crippen MR) is 197 cm³/mol. The molecule has 7 rings (SSSR count). The van der Waals surface area contributed by atoms with Gasteiger partial charge in [0.1, 0.15) is 28.7 Å². The summed E-state index contributed by atoms with van der Waals surface area (Å²) in [7, 11) is 0. The van der Waals surface area contributed by atoms with Crippen molar-refractivity contribution in [3.05, 3.63) is 0 Å². The molecule has 0 aliphatic heterocycles. The Morgan fingerprint density at radius 3 is 2.20 bits per heavy atom. The molecule has 14 atom stereocenters. The van der Waals surface area contributed by atoms with Crippen LogP contribution in [0.25, 0.3) is 0 Å². The predicted octanol–water partition coefficient (Wildman–Crippen LogP) is 9.68. The van der Waals surface area contributed by atoms with E-state index in [1.165, 1.54) is 19.3 Å². The third-order valence-corrected chi connectivity index (χ3v) is 18.3.